The summed E-state index contributed by atoms with van der Waals surface area (Å²) in [5, 5.41) is 3.98. The standard InChI is InChI=1S/C23H26N2O2/c1-4-21-20(19-7-5-6-8-22(19)27-21)13-14-23(26)24-15-17-9-11-18(12-10-17)16-25(2)3/h5-14H,4,15-16H2,1-3H3,(H,24,26)/b14-13+. The van der Waals surface area contributed by atoms with E-state index in [0.29, 0.717) is 6.54 Å². The molecule has 0 aliphatic heterocycles. The maximum atomic E-state index is 12.2. The third kappa shape index (κ3) is 4.86. The maximum Gasteiger partial charge on any atom is 0.244 e. The quantitative estimate of drug-likeness (QED) is 0.634. The molecule has 0 unspecified atom stereocenters. The van der Waals surface area contributed by atoms with Crippen molar-refractivity contribution in [2.45, 2.75) is 26.4 Å². The van der Waals surface area contributed by atoms with Crippen LogP contribution in [0.3, 0.4) is 0 Å². The summed E-state index contributed by atoms with van der Waals surface area (Å²) >= 11 is 0. The molecule has 1 amide bonds. The van der Waals surface area contributed by atoms with Gasteiger partial charge in [0.15, 0.2) is 0 Å². The number of benzene rings is 2. The van der Waals surface area contributed by atoms with Gasteiger partial charge in [0.2, 0.25) is 5.91 Å². The number of rotatable bonds is 7. The fraction of sp³-hybridized carbons (Fsp3) is 0.261. The molecule has 0 saturated heterocycles. The maximum absolute atomic E-state index is 12.2. The van der Waals surface area contributed by atoms with Gasteiger partial charge in [-0.1, -0.05) is 49.4 Å². The Balaban J connectivity index is 1.63. The molecule has 4 nitrogen and oxygen atoms in total. The molecular formula is C23H26N2O2. The summed E-state index contributed by atoms with van der Waals surface area (Å²) < 4.78 is 5.86. The zero-order valence-electron chi connectivity index (χ0n) is 16.2. The van der Waals surface area contributed by atoms with Crippen LogP contribution in [0, 0.1) is 0 Å². The molecule has 4 heteroatoms. The average molecular weight is 362 g/mol. The van der Waals surface area contributed by atoms with E-state index >= 15 is 0 Å². The number of amides is 1. The number of furan rings is 1. The monoisotopic (exact) mass is 362 g/mol. The van der Waals surface area contributed by atoms with Crippen LogP contribution in [0.25, 0.3) is 17.0 Å². The van der Waals surface area contributed by atoms with Gasteiger partial charge in [-0.2, -0.15) is 0 Å². The lowest BCUT2D eigenvalue weighted by atomic mass is 10.1. The lowest BCUT2D eigenvalue weighted by molar-refractivity contribution is -0.116. The first kappa shape index (κ1) is 18.9. The van der Waals surface area contributed by atoms with Crippen molar-refractivity contribution in [3.8, 4) is 0 Å². The average Bonchev–Trinajstić information content (AvgIpc) is 3.03. The normalized spacial score (nSPS) is 11.6. The first-order chi connectivity index (χ1) is 13.1. The molecule has 1 aromatic heterocycles. The van der Waals surface area contributed by atoms with Crippen LogP contribution in [0.5, 0.6) is 0 Å². The molecule has 27 heavy (non-hydrogen) atoms. The van der Waals surface area contributed by atoms with E-state index < -0.39 is 0 Å². The topological polar surface area (TPSA) is 45.5 Å². The van der Waals surface area contributed by atoms with Gasteiger partial charge >= 0.3 is 0 Å². The van der Waals surface area contributed by atoms with Gasteiger partial charge in [-0.15, -0.1) is 0 Å². The molecule has 1 N–H and O–H groups in total. The van der Waals surface area contributed by atoms with Crippen LogP contribution in [0.1, 0.15) is 29.4 Å². The molecule has 3 aromatic rings. The van der Waals surface area contributed by atoms with Crippen LogP contribution in [0.15, 0.2) is 59.0 Å². The molecule has 0 aliphatic rings. The van der Waals surface area contributed by atoms with Crippen LogP contribution in [-0.2, 0) is 24.3 Å². The molecule has 0 aliphatic carbocycles. The van der Waals surface area contributed by atoms with Crippen molar-refractivity contribution in [3.63, 3.8) is 0 Å². The van der Waals surface area contributed by atoms with Crippen LogP contribution < -0.4 is 5.32 Å². The van der Waals surface area contributed by atoms with E-state index in [-0.39, 0.29) is 5.91 Å². The summed E-state index contributed by atoms with van der Waals surface area (Å²) in [6, 6.07) is 16.2. The van der Waals surface area contributed by atoms with Crippen molar-refractivity contribution in [2.75, 3.05) is 14.1 Å². The first-order valence-electron chi connectivity index (χ1n) is 9.25. The Morgan fingerprint density at radius 3 is 2.48 bits per heavy atom. The minimum Gasteiger partial charge on any atom is -0.460 e. The Bertz CT molecular complexity index is 937. The van der Waals surface area contributed by atoms with Crippen molar-refractivity contribution >= 4 is 23.0 Å². The van der Waals surface area contributed by atoms with E-state index in [1.165, 1.54) is 5.56 Å². The summed E-state index contributed by atoms with van der Waals surface area (Å²) in [4.78, 5) is 14.4. The summed E-state index contributed by atoms with van der Waals surface area (Å²) in [6.45, 7) is 3.47. The molecular weight excluding hydrogens is 336 g/mol. The van der Waals surface area contributed by atoms with Crippen molar-refractivity contribution in [1.29, 1.82) is 0 Å². The van der Waals surface area contributed by atoms with Gasteiger partial charge in [0.1, 0.15) is 11.3 Å². The highest BCUT2D eigenvalue weighted by atomic mass is 16.3. The molecule has 0 saturated carbocycles. The fourth-order valence-corrected chi connectivity index (χ4v) is 3.10. The van der Waals surface area contributed by atoms with Gasteiger partial charge in [-0.3, -0.25) is 4.79 Å². The molecule has 0 spiro atoms. The van der Waals surface area contributed by atoms with E-state index in [2.05, 4.69) is 41.4 Å². The van der Waals surface area contributed by atoms with E-state index in [1.54, 1.807) is 6.08 Å². The third-order valence-corrected chi connectivity index (χ3v) is 4.42. The molecule has 1 heterocycles. The summed E-state index contributed by atoms with van der Waals surface area (Å²) in [5.74, 6) is 0.788. The number of nitrogens with zero attached hydrogens (tertiary/aromatic N) is 1. The highest BCUT2D eigenvalue weighted by Crippen LogP contribution is 2.27. The van der Waals surface area contributed by atoms with Crippen molar-refractivity contribution in [3.05, 3.63) is 77.1 Å². The minimum atomic E-state index is -0.111. The zero-order chi connectivity index (χ0) is 19.2. The van der Waals surface area contributed by atoms with E-state index in [9.17, 15) is 4.79 Å². The molecule has 0 radical (unpaired) electrons. The lowest BCUT2D eigenvalue weighted by Crippen LogP contribution is -2.20. The van der Waals surface area contributed by atoms with Crippen LogP contribution >= 0.6 is 0 Å². The van der Waals surface area contributed by atoms with Crippen LogP contribution in [-0.4, -0.2) is 24.9 Å². The number of carbonyl (C=O) groups excluding carboxylic acids is 1. The smallest absolute Gasteiger partial charge is 0.244 e. The molecule has 2 aromatic carbocycles. The molecule has 0 atom stereocenters. The van der Waals surface area contributed by atoms with Gasteiger partial charge in [0.05, 0.1) is 0 Å². The van der Waals surface area contributed by atoms with E-state index in [1.807, 2.05) is 44.4 Å². The van der Waals surface area contributed by atoms with Crippen molar-refractivity contribution in [2.24, 2.45) is 0 Å². The number of hydrogen-bond donors (Lipinski definition) is 1. The predicted molar refractivity (Wildman–Crippen MR) is 110 cm³/mol. The largest absolute Gasteiger partial charge is 0.460 e. The van der Waals surface area contributed by atoms with Crippen molar-refractivity contribution < 1.29 is 9.21 Å². The van der Waals surface area contributed by atoms with E-state index in [0.717, 1.165) is 40.8 Å². The minimum absolute atomic E-state index is 0.111. The van der Waals surface area contributed by atoms with Crippen LogP contribution in [0.4, 0.5) is 0 Å². The van der Waals surface area contributed by atoms with Gasteiger partial charge in [-0.05, 0) is 37.4 Å². The number of carbonyl (C=O) groups is 1. The second-order valence-electron chi connectivity index (χ2n) is 6.89. The number of para-hydroxylation sites is 1. The Morgan fingerprint density at radius 1 is 1.07 bits per heavy atom. The highest BCUT2D eigenvalue weighted by Gasteiger charge is 2.10. The van der Waals surface area contributed by atoms with Gasteiger partial charge in [0.25, 0.3) is 0 Å². The second-order valence-corrected chi connectivity index (χ2v) is 6.89. The van der Waals surface area contributed by atoms with Crippen LogP contribution in [0.2, 0.25) is 0 Å². The second kappa shape index (κ2) is 8.69. The SMILES string of the molecule is CCc1oc2ccccc2c1/C=C/C(=O)NCc1ccc(CN(C)C)cc1. The molecule has 0 fully saturated rings. The molecule has 3 rings (SSSR count). The fourth-order valence-electron chi connectivity index (χ4n) is 3.10. The first-order valence-corrected chi connectivity index (χ1v) is 9.25. The van der Waals surface area contributed by atoms with Gasteiger partial charge < -0.3 is 14.6 Å². The Hall–Kier alpha value is -2.85. The number of hydrogen-bond acceptors (Lipinski definition) is 3. The molecule has 140 valence electrons. The van der Waals surface area contributed by atoms with E-state index in [4.69, 9.17) is 4.42 Å². The summed E-state index contributed by atoms with van der Waals surface area (Å²) in [6.07, 6.45) is 4.21. The predicted octanol–water partition coefficient (Wildman–Crippen LogP) is 4.39. The van der Waals surface area contributed by atoms with Gasteiger partial charge in [-0.25, -0.2) is 0 Å². The summed E-state index contributed by atoms with van der Waals surface area (Å²) in [7, 11) is 4.10. The Morgan fingerprint density at radius 2 is 1.78 bits per heavy atom. The zero-order valence-corrected chi connectivity index (χ0v) is 16.2. The number of fused-ring (bicyclic) bond motifs is 1. The lowest BCUT2D eigenvalue weighted by Gasteiger charge is -2.10. The highest BCUT2D eigenvalue weighted by molar-refractivity contribution is 5.96. The third-order valence-electron chi connectivity index (χ3n) is 4.42. The Kier molecular flexibility index (Phi) is 6.09. The number of nitrogens with one attached hydrogen (secondary N) is 1. The number of aryl methyl sites for hydroxylation is 1. The summed E-state index contributed by atoms with van der Waals surface area (Å²) in [5.41, 5.74) is 4.18. The Labute approximate surface area is 160 Å². The molecule has 0 bridgehead atoms. The van der Waals surface area contributed by atoms with Gasteiger partial charge in [0, 0.05) is 36.5 Å². The van der Waals surface area contributed by atoms with Crippen molar-refractivity contribution in [1.82, 2.24) is 10.2 Å².